The molecule has 2 heterocycles. The molecule has 0 amide bonds. The molecule has 0 saturated heterocycles. The van der Waals surface area contributed by atoms with Gasteiger partial charge in [-0.2, -0.15) is 0 Å². The summed E-state index contributed by atoms with van der Waals surface area (Å²) in [5.41, 5.74) is 4.04. The zero-order chi connectivity index (χ0) is 20.4. The number of halogens is 2. The van der Waals surface area contributed by atoms with Gasteiger partial charge in [0.25, 0.3) is 0 Å². The van der Waals surface area contributed by atoms with E-state index in [1.165, 1.54) is 12.4 Å². The Morgan fingerprint density at radius 3 is 2.62 bits per heavy atom. The lowest BCUT2D eigenvalue weighted by atomic mass is 9.98. The molecular formula is C22H18ClFN4O. The normalized spacial score (nSPS) is 11.2. The fourth-order valence-electron chi connectivity index (χ4n) is 3.02. The first-order valence-corrected chi connectivity index (χ1v) is 9.34. The lowest BCUT2D eigenvalue weighted by Crippen LogP contribution is -2.18. The van der Waals surface area contributed by atoms with Crippen LogP contribution in [0.15, 0.2) is 61.1 Å². The Hall–Kier alpha value is -3.09. The molecule has 0 atom stereocenters. The first-order valence-electron chi connectivity index (χ1n) is 8.96. The van der Waals surface area contributed by atoms with Gasteiger partial charge in [0.2, 0.25) is 5.88 Å². The molecule has 0 aliphatic carbocycles. The summed E-state index contributed by atoms with van der Waals surface area (Å²) in [4.78, 5) is 15.0. The predicted molar refractivity (Wildman–Crippen MR) is 112 cm³/mol. The molecule has 0 aliphatic rings. The monoisotopic (exact) mass is 408 g/mol. The van der Waals surface area contributed by atoms with E-state index >= 15 is 0 Å². The first kappa shape index (κ1) is 19.2. The summed E-state index contributed by atoms with van der Waals surface area (Å²) >= 11 is 5.98. The van der Waals surface area contributed by atoms with Crippen molar-refractivity contribution in [3.05, 3.63) is 71.9 Å². The molecule has 4 aromatic rings. The second-order valence-electron chi connectivity index (χ2n) is 6.79. The summed E-state index contributed by atoms with van der Waals surface area (Å²) in [6.45, 7) is 0.405. The Balaban J connectivity index is 1.83. The molecule has 0 radical (unpaired) electrons. The van der Waals surface area contributed by atoms with E-state index in [9.17, 15) is 4.39 Å². The van der Waals surface area contributed by atoms with Crippen LogP contribution in [-0.4, -0.2) is 40.7 Å². The molecule has 29 heavy (non-hydrogen) atoms. The Morgan fingerprint density at radius 1 is 1.00 bits per heavy atom. The molecule has 4 rings (SSSR count). The van der Waals surface area contributed by atoms with Gasteiger partial charge in [0.15, 0.2) is 0 Å². The Morgan fingerprint density at radius 2 is 1.83 bits per heavy atom. The maximum absolute atomic E-state index is 13.6. The van der Waals surface area contributed by atoms with Crippen LogP contribution in [0.5, 0.6) is 5.88 Å². The van der Waals surface area contributed by atoms with E-state index in [0.29, 0.717) is 18.3 Å². The number of nitrogens with zero attached hydrogens (tertiary/aromatic N) is 4. The van der Waals surface area contributed by atoms with Crippen molar-refractivity contribution in [3.8, 4) is 28.3 Å². The Bertz CT molecular complexity index is 1180. The maximum atomic E-state index is 13.6. The van der Waals surface area contributed by atoms with Gasteiger partial charge in [0, 0.05) is 17.3 Å². The van der Waals surface area contributed by atoms with E-state index in [1.54, 1.807) is 18.3 Å². The highest BCUT2D eigenvalue weighted by atomic mass is 35.5. The standard InChI is InChI=1S/C22H18ClFN4O/c1-28(2)13-29-22-17-10-14(6-8-20(17)26-12-27-22)16-4-3-9-25-21(16)15-5-7-19(24)18(23)11-15/h3-12H,13H2,1-2H3. The van der Waals surface area contributed by atoms with Crippen LogP contribution >= 0.6 is 11.6 Å². The minimum Gasteiger partial charge on any atom is -0.461 e. The van der Waals surface area contributed by atoms with Crippen molar-refractivity contribution in [2.24, 2.45) is 0 Å². The van der Waals surface area contributed by atoms with Crippen LogP contribution in [0.4, 0.5) is 4.39 Å². The van der Waals surface area contributed by atoms with Crippen LogP contribution in [-0.2, 0) is 0 Å². The summed E-state index contributed by atoms with van der Waals surface area (Å²) in [7, 11) is 3.84. The van der Waals surface area contributed by atoms with Crippen molar-refractivity contribution in [3.63, 3.8) is 0 Å². The molecule has 0 fully saturated rings. The van der Waals surface area contributed by atoms with Crippen molar-refractivity contribution >= 4 is 22.5 Å². The van der Waals surface area contributed by atoms with Crippen molar-refractivity contribution in [1.82, 2.24) is 19.9 Å². The minimum absolute atomic E-state index is 0.0605. The van der Waals surface area contributed by atoms with Crippen molar-refractivity contribution in [2.75, 3.05) is 20.8 Å². The highest BCUT2D eigenvalue weighted by molar-refractivity contribution is 6.31. The average Bonchev–Trinajstić information content (AvgIpc) is 2.74. The van der Waals surface area contributed by atoms with Crippen molar-refractivity contribution in [2.45, 2.75) is 0 Å². The lowest BCUT2D eigenvalue weighted by Gasteiger charge is -2.14. The van der Waals surface area contributed by atoms with Crippen molar-refractivity contribution in [1.29, 1.82) is 0 Å². The SMILES string of the molecule is CN(C)COc1ncnc2ccc(-c3cccnc3-c3ccc(F)c(Cl)c3)cc12. The van der Waals surface area contributed by atoms with Crippen LogP contribution < -0.4 is 4.74 Å². The molecule has 0 N–H and O–H groups in total. The number of fused-ring (bicyclic) bond motifs is 1. The zero-order valence-electron chi connectivity index (χ0n) is 15.9. The molecule has 0 aliphatic heterocycles. The third-order valence-electron chi connectivity index (χ3n) is 4.37. The summed E-state index contributed by atoms with van der Waals surface area (Å²) in [6, 6.07) is 14.3. The smallest absolute Gasteiger partial charge is 0.225 e. The quantitative estimate of drug-likeness (QED) is 0.432. The largest absolute Gasteiger partial charge is 0.461 e. The molecule has 0 spiro atoms. The topological polar surface area (TPSA) is 51.1 Å². The zero-order valence-corrected chi connectivity index (χ0v) is 16.7. The Labute approximate surface area is 172 Å². The molecule has 0 unspecified atom stereocenters. The average molecular weight is 409 g/mol. The summed E-state index contributed by atoms with van der Waals surface area (Å²) in [6.07, 6.45) is 3.19. The van der Waals surface area contributed by atoms with Gasteiger partial charge in [-0.25, -0.2) is 14.4 Å². The fourth-order valence-corrected chi connectivity index (χ4v) is 3.20. The van der Waals surface area contributed by atoms with Crippen molar-refractivity contribution < 1.29 is 9.13 Å². The molecular weight excluding hydrogens is 391 g/mol. The first-order chi connectivity index (χ1) is 14.0. The number of ether oxygens (including phenoxy) is 1. The van der Waals surface area contributed by atoms with Crippen LogP contribution in [0.25, 0.3) is 33.3 Å². The van der Waals surface area contributed by atoms with Gasteiger partial charge < -0.3 is 4.74 Å². The molecule has 2 aromatic heterocycles. The van der Waals surface area contributed by atoms with Crippen LogP contribution in [0.1, 0.15) is 0 Å². The van der Waals surface area contributed by atoms with Gasteiger partial charge in [0.1, 0.15) is 18.9 Å². The summed E-state index contributed by atoms with van der Waals surface area (Å²) in [5.74, 6) is 0.0549. The van der Waals surface area contributed by atoms with Crippen LogP contribution in [0, 0.1) is 5.82 Å². The van der Waals surface area contributed by atoms with E-state index in [2.05, 4.69) is 15.0 Å². The number of hydrogen-bond donors (Lipinski definition) is 0. The number of pyridine rings is 1. The van der Waals surface area contributed by atoms with Crippen LogP contribution in [0.2, 0.25) is 5.02 Å². The van der Waals surface area contributed by atoms with E-state index in [4.69, 9.17) is 16.3 Å². The maximum Gasteiger partial charge on any atom is 0.225 e. The Kier molecular flexibility index (Phi) is 5.38. The van der Waals surface area contributed by atoms with E-state index in [0.717, 1.165) is 27.6 Å². The van der Waals surface area contributed by atoms with Gasteiger partial charge in [-0.1, -0.05) is 23.7 Å². The van der Waals surface area contributed by atoms with E-state index in [1.807, 2.05) is 49.3 Å². The fraction of sp³-hybridized carbons (Fsp3) is 0.136. The van der Waals surface area contributed by atoms with Gasteiger partial charge in [0.05, 0.1) is 21.6 Å². The molecule has 7 heteroatoms. The number of hydrogen-bond acceptors (Lipinski definition) is 5. The third kappa shape index (κ3) is 4.04. The number of benzene rings is 2. The van der Waals surface area contributed by atoms with Gasteiger partial charge in [-0.05, 0) is 56.1 Å². The summed E-state index contributed by atoms with van der Waals surface area (Å²) in [5, 5.41) is 0.865. The van der Waals surface area contributed by atoms with E-state index < -0.39 is 5.82 Å². The summed E-state index contributed by atoms with van der Waals surface area (Å²) < 4.78 is 19.4. The van der Waals surface area contributed by atoms with Gasteiger partial charge in [-0.3, -0.25) is 9.88 Å². The molecule has 0 saturated carbocycles. The third-order valence-corrected chi connectivity index (χ3v) is 4.66. The molecule has 5 nitrogen and oxygen atoms in total. The molecule has 146 valence electrons. The molecule has 2 aromatic carbocycles. The second-order valence-corrected chi connectivity index (χ2v) is 7.20. The van der Waals surface area contributed by atoms with Gasteiger partial charge >= 0.3 is 0 Å². The van der Waals surface area contributed by atoms with Crippen LogP contribution in [0.3, 0.4) is 0 Å². The molecule has 0 bridgehead atoms. The number of rotatable bonds is 5. The highest BCUT2D eigenvalue weighted by Gasteiger charge is 2.13. The van der Waals surface area contributed by atoms with Gasteiger partial charge in [-0.15, -0.1) is 0 Å². The predicted octanol–water partition coefficient (Wildman–Crippen LogP) is 5.05. The second kappa shape index (κ2) is 8.11. The number of aromatic nitrogens is 3. The minimum atomic E-state index is -0.460. The van der Waals surface area contributed by atoms with E-state index in [-0.39, 0.29) is 5.02 Å². The lowest BCUT2D eigenvalue weighted by molar-refractivity contribution is 0.175. The highest BCUT2D eigenvalue weighted by Crippen LogP contribution is 2.34.